The van der Waals surface area contributed by atoms with Crippen LogP contribution in [0.1, 0.15) is 16.7 Å². The molecule has 0 atom stereocenters. The van der Waals surface area contributed by atoms with E-state index >= 15 is 0 Å². The van der Waals surface area contributed by atoms with Crippen LogP contribution in [0.5, 0.6) is 5.75 Å². The van der Waals surface area contributed by atoms with Crippen molar-refractivity contribution < 1.29 is 31.1 Å². The van der Waals surface area contributed by atoms with E-state index in [1.165, 1.54) is 24.3 Å². The van der Waals surface area contributed by atoms with E-state index in [9.17, 15) is 36.4 Å². The van der Waals surface area contributed by atoms with Gasteiger partial charge in [-0.15, -0.1) is 0 Å². The summed E-state index contributed by atoms with van der Waals surface area (Å²) < 4.78 is 83.7. The fraction of sp³-hybridized carbons (Fsp3) is 0.182. The molecule has 0 amide bonds. The number of nitrogens with zero attached hydrogens (tertiary/aromatic N) is 2. The van der Waals surface area contributed by atoms with Crippen LogP contribution in [0.3, 0.4) is 0 Å². The summed E-state index contributed by atoms with van der Waals surface area (Å²) in [5, 5.41) is 9.22. The molecule has 0 aliphatic carbocycles. The largest absolute Gasteiger partial charge is 0.484 e. The predicted molar refractivity (Wildman–Crippen MR) is 103 cm³/mol. The van der Waals surface area contributed by atoms with Gasteiger partial charge in [0.2, 0.25) is 0 Å². The van der Waals surface area contributed by atoms with Gasteiger partial charge in [-0.1, -0.05) is 42.5 Å². The lowest BCUT2D eigenvalue weighted by atomic mass is 10.0. The van der Waals surface area contributed by atoms with Crippen molar-refractivity contribution >= 4 is 0 Å². The Balaban J connectivity index is 2.20. The zero-order valence-corrected chi connectivity index (χ0v) is 16.2. The highest BCUT2D eigenvalue weighted by Crippen LogP contribution is 2.34. The molecule has 0 unspecified atom stereocenters. The van der Waals surface area contributed by atoms with Gasteiger partial charge in [0.25, 0.3) is 5.56 Å². The van der Waals surface area contributed by atoms with Crippen LogP contribution in [0, 0.1) is 11.3 Å². The first-order valence-electron chi connectivity index (χ1n) is 9.08. The van der Waals surface area contributed by atoms with Gasteiger partial charge in [0.05, 0.1) is 17.8 Å². The van der Waals surface area contributed by atoms with E-state index in [1.807, 2.05) is 0 Å². The molecule has 0 N–H and O–H groups in total. The molecule has 4 nitrogen and oxygen atoms in total. The normalized spacial score (nSPS) is 11.8. The molecule has 32 heavy (non-hydrogen) atoms. The third kappa shape index (κ3) is 5.29. The van der Waals surface area contributed by atoms with Crippen LogP contribution in [-0.2, 0) is 12.7 Å². The van der Waals surface area contributed by atoms with Gasteiger partial charge in [-0.05, 0) is 23.8 Å². The predicted octanol–water partition coefficient (Wildman–Crippen LogP) is 5.40. The molecule has 0 saturated carbocycles. The first kappa shape index (κ1) is 22.9. The summed E-state index contributed by atoms with van der Waals surface area (Å²) in [7, 11) is 0. The van der Waals surface area contributed by atoms with Crippen molar-refractivity contribution in [3.8, 4) is 23.1 Å². The molecular weight excluding hydrogens is 438 g/mol. The highest BCUT2D eigenvalue weighted by molar-refractivity contribution is 5.64. The van der Waals surface area contributed by atoms with Crippen molar-refractivity contribution in [1.29, 1.82) is 5.26 Å². The topological polar surface area (TPSA) is 55.0 Å². The van der Waals surface area contributed by atoms with Crippen molar-refractivity contribution in [2.45, 2.75) is 18.9 Å². The first-order chi connectivity index (χ1) is 15.0. The molecule has 3 rings (SSSR count). The molecule has 0 aliphatic heterocycles. The van der Waals surface area contributed by atoms with Crippen molar-refractivity contribution in [2.75, 3.05) is 6.61 Å². The van der Waals surface area contributed by atoms with Gasteiger partial charge in [0.15, 0.2) is 6.61 Å². The number of hydrogen-bond acceptors (Lipinski definition) is 3. The summed E-state index contributed by atoms with van der Waals surface area (Å²) >= 11 is 0. The second-order valence-electron chi connectivity index (χ2n) is 6.74. The maximum atomic E-state index is 13.6. The Kier molecular flexibility index (Phi) is 6.30. The minimum atomic E-state index is -4.99. The van der Waals surface area contributed by atoms with Gasteiger partial charge >= 0.3 is 12.4 Å². The zero-order chi connectivity index (χ0) is 23.5. The fourth-order valence-corrected chi connectivity index (χ4v) is 3.05. The van der Waals surface area contributed by atoms with E-state index < -0.39 is 35.6 Å². The molecule has 0 saturated heterocycles. The quantitative estimate of drug-likeness (QED) is 0.488. The molecule has 3 aromatic rings. The smallest absolute Gasteiger partial charge is 0.422 e. The molecule has 0 bridgehead atoms. The summed E-state index contributed by atoms with van der Waals surface area (Å²) in [5.74, 6) is -0.239. The number of aromatic nitrogens is 1. The van der Waals surface area contributed by atoms with Crippen molar-refractivity contribution in [3.63, 3.8) is 0 Å². The van der Waals surface area contributed by atoms with Crippen LogP contribution in [0.4, 0.5) is 26.3 Å². The monoisotopic (exact) mass is 452 g/mol. The molecule has 0 spiro atoms. The van der Waals surface area contributed by atoms with Crippen molar-refractivity contribution in [1.82, 2.24) is 4.57 Å². The second kappa shape index (κ2) is 8.78. The standard InChI is InChI=1S/C22H14F6N2O2/c23-21(24,25)13-32-16-8-4-7-15(9-16)19-10-18(22(26,27)28)17(11-29)20(31)30(19)12-14-5-2-1-3-6-14/h1-10H,12-13H2. The van der Waals surface area contributed by atoms with E-state index in [2.05, 4.69) is 4.74 Å². The Bertz CT molecular complexity index is 1210. The first-order valence-corrected chi connectivity index (χ1v) is 9.08. The van der Waals surface area contributed by atoms with Crippen LogP contribution < -0.4 is 10.3 Å². The summed E-state index contributed by atoms with van der Waals surface area (Å²) in [6, 6.07) is 15.2. The summed E-state index contributed by atoms with van der Waals surface area (Å²) in [6.45, 7) is -1.75. The van der Waals surface area contributed by atoms with Crippen LogP contribution in [0.2, 0.25) is 0 Å². The van der Waals surface area contributed by atoms with Crippen LogP contribution in [0.25, 0.3) is 11.3 Å². The molecule has 10 heteroatoms. The number of ether oxygens (including phenoxy) is 1. The van der Waals surface area contributed by atoms with Crippen molar-refractivity contribution in [3.05, 3.63) is 87.7 Å². The molecular formula is C22H14F6N2O2. The Morgan fingerprint density at radius 2 is 1.62 bits per heavy atom. The van der Waals surface area contributed by atoms with Crippen LogP contribution >= 0.6 is 0 Å². The van der Waals surface area contributed by atoms with Gasteiger partial charge in [-0.3, -0.25) is 4.79 Å². The average Bonchev–Trinajstić information content (AvgIpc) is 2.73. The van der Waals surface area contributed by atoms with Gasteiger partial charge < -0.3 is 9.30 Å². The summed E-state index contributed by atoms with van der Waals surface area (Å²) in [5.41, 5.74) is -3.28. The van der Waals surface area contributed by atoms with Gasteiger partial charge in [0.1, 0.15) is 17.4 Å². The van der Waals surface area contributed by atoms with E-state index in [0.717, 1.165) is 10.6 Å². The Labute approximate surface area is 177 Å². The highest BCUT2D eigenvalue weighted by Gasteiger charge is 2.36. The fourth-order valence-electron chi connectivity index (χ4n) is 3.05. The Hall–Kier alpha value is -3.74. The number of rotatable bonds is 5. The van der Waals surface area contributed by atoms with Gasteiger partial charge in [-0.25, -0.2) is 0 Å². The third-order valence-corrected chi connectivity index (χ3v) is 4.43. The Morgan fingerprint density at radius 3 is 2.22 bits per heavy atom. The Morgan fingerprint density at radius 1 is 0.938 bits per heavy atom. The average molecular weight is 452 g/mol. The van der Waals surface area contributed by atoms with Gasteiger partial charge in [0, 0.05) is 5.56 Å². The number of nitriles is 1. The molecule has 166 valence electrons. The maximum absolute atomic E-state index is 13.6. The van der Waals surface area contributed by atoms with Crippen molar-refractivity contribution in [2.24, 2.45) is 0 Å². The second-order valence-corrected chi connectivity index (χ2v) is 6.74. The van der Waals surface area contributed by atoms with Gasteiger partial charge in [-0.2, -0.15) is 31.6 Å². The van der Waals surface area contributed by atoms with E-state index in [-0.39, 0.29) is 23.6 Å². The minimum Gasteiger partial charge on any atom is -0.484 e. The molecule has 0 aliphatic rings. The summed E-state index contributed by atoms with van der Waals surface area (Å²) in [4.78, 5) is 12.9. The number of alkyl halides is 6. The van der Waals surface area contributed by atoms with E-state index in [1.54, 1.807) is 30.3 Å². The molecule has 1 aromatic heterocycles. The number of pyridine rings is 1. The van der Waals surface area contributed by atoms with Crippen LogP contribution in [0.15, 0.2) is 65.5 Å². The lowest BCUT2D eigenvalue weighted by molar-refractivity contribution is -0.153. The highest BCUT2D eigenvalue weighted by atomic mass is 19.4. The number of halogens is 6. The summed E-state index contributed by atoms with van der Waals surface area (Å²) in [6.07, 6.45) is -9.60. The number of hydrogen-bond donors (Lipinski definition) is 0. The molecule has 2 aromatic carbocycles. The zero-order valence-electron chi connectivity index (χ0n) is 16.2. The minimum absolute atomic E-state index is 0.0210. The molecule has 1 heterocycles. The maximum Gasteiger partial charge on any atom is 0.422 e. The lowest BCUT2D eigenvalue weighted by Gasteiger charge is -2.18. The van der Waals surface area contributed by atoms with Crippen LogP contribution in [-0.4, -0.2) is 17.4 Å². The number of benzene rings is 2. The molecule has 0 fully saturated rings. The van der Waals surface area contributed by atoms with E-state index in [4.69, 9.17) is 0 Å². The lowest BCUT2D eigenvalue weighted by Crippen LogP contribution is -2.28. The third-order valence-electron chi connectivity index (χ3n) is 4.43. The SMILES string of the molecule is N#Cc1c(C(F)(F)F)cc(-c2cccc(OCC(F)(F)F)c2)n(Cc2ccccc2)c1=O. The van der Waals surface area contributed by atoms with E-state index in [0.29, 0.717) is 11.6 Å². The molecule has 0 radical (unpaired) electrons.